The van der Waals surface area contributed by atoms with Gasteiger partial charge in [0.1, 0.15) is 91.0 Å². The van der Waals surface area contributed by atoms with Crippen molar-refractivity contribution in [1.29, 1.82) is 0 Å². The first-order valence-electron chi connectivity index (χ1n) is 29.8. The Morgan fingerprint density at radius 1 is 0.677 bits per heavy atom. The van der Waals surface area contributed by atoms with Gasteiger partial charge in [-0.05, 0) is 53.8 Å². The number of amides is 1. The van der Waals surface area contributed by atoms with Crippen LogP contribution in [-0.2, 0) is 71.0 Å². The SMILES string of the molecule is CC(=O)N(c1ccc2c(c1)Cc1ccccc1-2)c1nc2c(=O)[nH]c(N)nc2n1[C@@H]1O[C@H](COP(=O)(O)O[C@H]2C[C@H](n3cc(C)c(=O)[nH]c3=O)O[C@@H]2COP(=O)(O)O[C@H]2[C@@H](O)[C@H](n3cnc4c(N)ncnc43)O[C@@H]2CO)[C@@H](OP(=O)(O)OC[C@H]2O[C@@H](n3ccc(N)nc3=O)[C@H](O)[C@@H]2O)[C@H]1O. The van der Waals surface area contributed by atoms with Crippen molar-refractivity contribution in [2.24, 2.45) is 0 Å². The summed E-state index contributed by atoms with van der Waals surface area (Å²) in [6.07, 6.45) is -23.4. The minimum absolute atomic E-state index is 0.0207. The van der Waals surface area contributed by atoms with Gasteiger partial charge >= 0.3 is 34.8 Å². The molecule has 0 bridgehead atoms. The molecule has 4 aliphatic heterocycles. The number of nitrogens with zero attached hydrogens (tertiary/aromatic N) is 11. The summed E-state index contributed by atoms with van der Waals surface area (Å²) in [4.78, 5) is 130. The minimum Gasteiger partial charge on any atom is -0.394 e. The van der Waals surface area contributed by atoms with E-state index in [0.717, 1.165) is 66.5 Å². The largest absolute Gasteiger partial charge is 0.472 e. The number of fused-ring (bicyclic) bond motifs is 5. The molecule has 4 saturated heterocycles. The van der Waals surface area contributed by atoms with Crippen LogP contribution in [0, 0.1) is 6.92 Å². The molecule has 1 aliphatic carbocycles. The fraction of sp³-hybridized carbons (Fsp3) is 0.426. The summed E-state index contributed by atoms with van der Waals surface area (Å²) in [7, 11) is -16.9. The highest BCUT2D eigenvalue weighted by molar-refractivity contribution is 7.48. The molecule has 42 nitrogen and oxygen atoms in total. The van der Waals surface area contributed by atoms with Crippen molar-refractivity contribution < 1.29 is 105 Å². The van der Waals surface area contributed by atoms with Crippen molar-refractivity contribution in [3.63, 3.8) is 0 Å². The van der Waals surface area contributed by atoms with E-state index in [1.165, 1.54) is 23.9 Å². The molecular weight excluding hydrogens is 1380 g/mol. The van der Waals surface area contributed by atoms with E-state index in [-0.39, 0.29) is 34.1 Å². The van der Waals surface area contributed by atoms with Crippen LogP contribution in [0.5, 0.6) is 0 Å². The maximum Gasteiger partial charge on any atom is 0.472 e. The predicted molar refractivity (Wildman–Crippen MR) is 332 cm³/mol. The molecule has 99 heavy (non-hydrogen) atoms. The molecule has 8 aromatic rings. The van der Waals surface area contributed by atoms with Crippen LogP contribution >= 0.6 is 23.5 Å². The summed E-state index contributed by atoms with van der Waals surface area (Å²) in [5, 5.41) is 56.1. The molecular formula is C54H61N16O26P3. The second kappa shape index (κ2) is 26.7. The number of ether oxygens (including phenoxy) is 4. The molecule has 0 spiro atoms. The zero-order valence-electron chi connectivity index (χ0n) is 51.3. The van der Waals surface area contributed by atoms with Gasteiger partial charge in [0.2, 0.25) is 17.8 Å². The van der Waals surface area contributed by atoms with Crippen LogP contribution in [0.4, 0.5) is 29.2 Å². The fourth-order valence-electron chi connectivity index (χ4n) is 12.3. The van der Waals surface area contributed by atoms with Gasteiger partial charge in [-0.3, -0.25) is 74.7 Å². The number of aliphatic hydroxyl groups excluding tert-OH is 5. The number of imidazole rings is 2. The number of aliphatic hydroxyl groups is 5. The summed E-state index contributed by atoms with van der Waals surface area (Å²) in [5.74, 6) is -1.98. The summed E-state index contributed by atoms with van der Waals surface area (Å²) >= 11 is 0. The number of carbonyl (C=O) groups excluding carboxylic acids is 1. The van der Waals surface area contributed by atoms with E-state index in [1.807, 2.05) is 24.3 Å². The van der Waals surface area contributed by atoms with E-state index >= 15 is 0 Å². The lowest BCUT2D eigenvalue weighted by Gasteiger charge is -2.26. The molecule has 5 aliphatic rings. The molecule has 0 saturated carbocycles. The Bertz CT molecular complexity index is 4880. The average Bonchev–Trinajstić information content (AvgIpc) is 1.59. The lowest BCUT2D eigenvalue weighted by atomic mass is 10.1. The van der Waals surface area contributed by atoms with Crippen LogP contribution in [0.25, 0.3) is 33.5 Å². The van der Waals surface area contributed by atoms with Crippen LogP contribution in [0.2, 0.25) is 0 Å². The monoisotopic (exact) mass is 1440 g/mol. The number of phosphoric ester groups is 3. The quantitative estimate of drug-likeness (QED) is 0.0326. The van der Waals surface area contributed by atoms with Gasteiger partial charge in [-0.25, -0.2) is 43.2 Å². The summed E-state index contributed by atoms with van der Waals surface area (Å²) in [5.41, 5.74) is 16.6. The number of benzene rings is 2. The average molecular weight is 1440 g/mol. The third-order valence-corrected chi connectivity index (χ3v) is 19.9. The van der Waals surface area contributed by atoms with Gasteiger partial charge in [0, 0.05) is 31.3 Å². The first-order chi connectivity index (χ1) is 47.0. The van der Waals surface area contributed by atoms with Gasteiger partial charge in [-0.15, -0.1) is 0 Å². The Hall–Kier alpha value is -8.26. The highest BCUT2D eigenvalue weighted by Crippen LogP contribution is 2.55. The number of rotatable bonds is 22. The first kappa shape index (κ1) is 69.2. The van der Waals surface area contributed by atoms with Crippen LogP contribution < -0.4 is 44.6 Å². The standard InChI is InChI=1S/C54H61N16O26P3/c1-21-14-67(54(80)65-46(21)77)34-13-28(30(90-34)16-87-98(83,84)95-41-29(15-71)91-49(39(41)75)68-20-60-35-43(56)58-19-59-44(35)68)94-97(81,82)89-18-32-42(96-99(85,86)88-17-31-37(73)38(74)48(92-31)66-10-9-33(55)61-53(66)79)40(76)50(93-32)70-45-36(47(78)64-51(57)63-45)62-52(70)69(22(2)72)25-7-8-27-24(12-25)11-23-5-3-4-6-26(23)27/h3-10,12,14,19-20,28-32,34,37-42,48-50,71,73-76H,11,13,15-18H2,1-2H3,(H,81,82)(H,83,84)(H,85,86)(H2,55,61,79)(H2,56,58,59)(H,65,77,80)(H3,57,63,64,78)/t28-,29+,30+,31+,32+,34+,37+,38+,39+,40+,41+,42+,48+,49+,50+/m0/s1. The van der Waals surface area contributed by atoms with E-state index in [1.54, 1.807) is 18.2 Å². The minimum atomic E-state index is -5.73. The van der Waals surface area contributed by atoms with Crippen LogP contribution in [0.15, 0.2) is 92.8 Å². The van der Waals surface area contributed by atoms with Crippen molar-refractivity contribution >= 4 is 80.9 Å². The molecule has 13 rings (SSSR count). The number of anilines is 5. The van der Waals surface area contributed by atoms with Crippen LogP contribution in [0.3, 0.4) is 0 Å². The van der Waals surface area contributed by atoms with E-state index in [0.29, 0.717) is 6.42 Å². The van der Waals surface area contributed by atoms with E-state index in [4.69, 9.17) is 63.3 Å². The second-order valence-electron chi connectivity index (χ2n) is 23.3. The van der Waals surface area contributed by atoms with E-state index in [2.05, 4.69) is 39.9 Å². The molecule has 3 unspecified atom stereocenters. The predicted octanol–water partition coefficient (Wildman–Crippen LogP) is -2.00. The summed E-state index contributed by atoms with van der Waals surface area (Å²) in [6.45, 7) is -1.92. The lowest BCUT2D eigenvalue weighted by molar-refractivity contribution is -0.116. The maximum atomic E-state index is 14.5. The Kier molecular flexibility index (Phi) is 18.7. The van der Waals surface area contributed by atoms with Gasteiger partial charge in [0.05, 0.1) is 38.4 Å². The lowest BCUT2D eigenvalue weighted by Crippen LogP contribution is -2.37. The normalized spacial score (nSPS) is 28.4. The highest BCUT2D eigenvalue weighted by atomic mass is 31.2. The van der Waals surface area contributed by atoms with Gasteiger partial charge < -0.3 is 76.4 Å². The van der Waals surface area contributed by atoms with E-state index < -0.39 is 200 Å². The Balaban J connectivity index is 0.789. The molecule has 6 aromatic heterocycles. The van der Waals surface area contributed by atoms with Gasteiger partial charge in [0.25, 0.3) is 11.1 Å². The number of aryl methyl sites for hydroxylation is 1. The topological polar surface area (TPSA) is 601 Å². The number of nitrogens with two attached hydrogens (primary N) is 3. The molecule has 10 heterocycles. The van der Waals surface area contributed by atoms with Crippen molar-refractivity contribution in [3.05, 3.63) is 132 Å². The van der Waals surface area contributed by atoms with Crippen molar-refractivity contribution in [3.8, 4) is 11.1 Å². The first-order valence-corrected chi connectivity index (χ1v) is 34.3. The van der Waals surface area contributed by atoms with Gasteiger partial charge in [0.15, 0.2) is 41.3 Å². The number of nitrogen functional groups attached to an aromatic ring is 3. The van der Waals surface area contributed by atoms with Gasteiger partial charge in [-0.2, -0.15) is 9.97 Å². The second-order valence-corrected chi connectivity index (χ2v) is 27.5. The number of phosphoric acid groups is 3. The summed E-state index contributed by atoms with van der Waals surface area (Å²) in [6, 6.07) is 13.8. The smallest absolute Gasteiger partial charge is 0.394 e. The number of hydrogen-bond acceptors (Lipinski definition) is 32. The highest BCUT2D eigenvalue weighted by Gasteiger charge is 2.54. The van der Waals surface area contributed by atoms with Crippen molar-refractivity contribution in [2.45, 2.75) is 119 Å². The maximum absolute atomic E-state index is 14.5. The van der Waals surface area contributed by atoms with Crippen molar-refractivity contribution in [1.82, 2.24) is 58.1 Å². The van der Waals surface area contributed by atoms with Gasteiger partial charge in [-0.1, -0.05) is 30.3 Å². The molecule has 0 radical (unpaired) electrons. The van der Waals surface area contributed by atoms with E-state index in [9.17, 15) is 77.9 Å². The third kappa shape index (κ3) is 13.4. The fourth-order valence-corrected chi connectivity index (χ4v) is 15.2. The van der Waals surface area contributed by atoms with Crippen LogP contribution in [-0.4, -0.2) is 198 Å². The number of aromatic amines is 2. The number of nitrogens with one attached hydrogen (secondary N) is 2. The molecule has 16 N–H and O–H groups in total. The number of carbonyl (C=O) groups is 1. The molecule has 45 heteroatoms. The molecule has 2 aromatic carbocycles. The Morgan fingerprint density at radius 2 is 1.32 bits per heavy atom. The zero-order chi connectivity index (χ0) is 70.5. The number of H-pyrrole nitrogens is 2. The van der Waals surface area contributed by atoms with Crippen LogP contribution in [0.1, 0.15) is 54.9 Å². The molecule has 4 fully saturated rings. The molecule has 18 atom stereocenters. The number of aromatic nitrogens is 12. The third-order valence-electron chi connectivity index (χ3n) is 16.9. The molecule has 528 valence electrons. The molecule has 1 amide bonds. The van der Waals surface area contributed by atoms with Crippen molar-refractivity contribution in [2.75, 3.05) is 48.5 Å². The summed E-state index contributed by atoms with van der Waals surface area (Å²) < 4.78 is 103. The Morgan fingerprint density at radius 3 is 2.04 bits per heavy atom. The Labute approximate surface area is 552 Å². The zero-order valence-corrected chi connectivity index (χ0v) is 53.9. The number of hydrogen-bond donors (Lipinski definition) is 13.